The lowest BCUT2D eigenvalue weighted by Crippen LogP contribution is -2.00. The number of halogens is 1. The fourth-order valence-corrected chi connectivity index (χ4v) is 3.01. The van der Waals surface area contributed by atoms with Gasteiger partial charge in [-0.2, -0.15) is 0 Å². The maximum absolute atomic E-state index is 11.6. The molecule has 2 nitrogen and oxygen atoms in total. The Morgan fingerprint density at radius 3 is 2.57 bits per heavy atom. The van der Waals surface area contributed by atoms with Gasteiger partial charge in [0.2, 0.25) is 0 Å². The van der Waals surface area contributed by atoms with Crippen LogP contribution in [-0.4, -0.2) is 11.1 Å². The van der Waals surface area contributed by atoms with Gasteiger partial charge in [0.05, 0.1) is 5.56 Å². The van der Waals surface area contributed by atoms with E-state index in [1.165, 1.54) is 0 Å². The molecule has 3 rings (SSSR count). The van der Waals surface area contributed by atoms with E-state index in [1.54, 1.807) is 6.07 Å². The van der Waals surface area contributed by atoms with Crippen molar-refractivity contribution in [3.63, 3.8) is 0 Å². The quantitative estimate of drug-likeness (QED) is 0.689. The van der Waals surface area contributed by atoms with Crippen LogP contribution >= 0.6 is 15.9 Å². The van der Waals surface area contributed by atoms with Crippen LogP contribution in [0.15, 0.2) is 59.1 Å². The molecule has 0 saturated carbocycles. The molecule has 0 aromatic heterocycles. The number of hydrogen-bond donors (Lipinski definition) is 1. The normalized spacial score (nSPS) is 10.8. The lowest BCUT2D eigenvalue weighted by Gasteiger charge is -2.13. The molecule has 0 aliphatic heterocycles. The van der Waals surface area contributed by atoms with Crippen molar-refractivity contribution in [1.29, 1.82) is 0 Å². The van der Waals surface area contributed by atoms with Crippen LogP contribution < -0.4 is 0 Å². The number of hydrogen-bond acceptors (Lipinski definition) is 1. The summed E-state index contributed by atoms with van der Waals surface area (Å²) in [5.74, 6) is -0.918. The molecule has 0 saturated heterocycles. The second-order valence-electron chi connectivity index (χ2n) is 4.97. The summed E-state index contributed by atoms with van der Waals surface area (Å²) < 4.78 is 0.765. The Kier molecular flexibility index (Phi) is 3.52. The van der Waals surface area contributed by atoms with E-state index < -0.39 is 5.97 Å². The van der Waals surface area contributed by atoms with Crippen molar-refractivity contribution in [1.82, 2.24) is 0 Å². The predicted molar refractivity (Wildman–Crippen MR) is 88.8 cm³/mol. The van der Waals surface area contributed by atoms with Crippen LogP contribution in [0.5, 0.6) is 0 Å². The molecule has 1 N–H and O–H groups in total. The van der Waals surface area contributed by atoms with Crippen molar-refractivity contribution in [2.45, 2.75) is 6.92 Å². The number of carboxylic acids is 1. The van der Waals surface area contributed by atoms with E-state index in [-0.39, 0.29) is 0 Å². The molecule has 0 aliphatic rings. The molecule has 0 aliphatic carbocycles. The van der Waals surface area contributed by atoms with Gasteiger partial charge in [-0.3, -0.25) is 0 Å². The minimum atomic E-state index is -0.918. The van der Waals surface area contributed by atoms with E-state index in [9.17, 15) is 9.90 Å². The van der Waals surface area contributed by atoms with Gasteiger partial charge in [-0.25, -0.2) is 4.79 Å². The third-order valence-corrected chi connectivity index (χ3v) is 4.11. The highest BCUT2D eigenvalue weighted by atomic mass is 79.9. The smallest absolute Gasteiger partial charge is 0.336 e. The molecular formula is C18H13BrO2. The van der Waals surface area contributed by atoms with Crippen LogP contribution in [0.25, 0.3) is 21.9 Å². The van der Waals surface area contributed by atoms with Gasteiger partial charge >= 0.3 is 5.97 Å². The molecule has 3 aromatic carbocycles. The molecule has 21 heavy (non-hydrogen) atoms. The first-order valence-corrected chi connectivity index (χ1v) is 7.39. The monoisotopic (exact) mass is 340 g/mol. The number of aromatic carboxylic acids is 1. The van der Waals surface area contributed by atoms with Gasteiger partial charge in [0.1, 0.15) is 0 Å². The summed E-state index contributed by atoms with van der Waals surface area (Å²) in [6.07, 6.45) is 0. The van der Waals surface area contributed by atoms with Crippen LogP contribution in [-0.2, 0) is 0 Å². The third-order valence-electron chi connectivity index (χ3n) is 3.62. The molecule has 3 aromatic rings. The predicted octanol–water partition coefficient (Wildman–Crippen LogP) is 5.28. The Bertz CT molecular complexity index is 853. The van der Waals surface area contributed by atoms with E-state index in [0.717, 1.165) is 31.9 Å². The van der Waals surface area contributed by atoms with Gasteiger partial charge in [-0.05, 0) is 46.5 Å². The molecular weight excluding hydrogens is 328 g/mol. The third kappa shape index (κ3) is 2.45. The average Bonchev–Trinajstić information content (AvgIpc) is 2.47. The second kappa shape index (κ2) is 5.34. The minimum Gasteiger partial charge on any atom is -0.478 e. The molecule has 0 radical (unpaired) electrons. The number of carbonyl (C=O) groups is 1. The van der Waals surface area contributed by atoms with Crippen molar-refractivity contribution >= 4 is 32.7 Å². The Morgan fingerprint density at radius 1 is 1.05 bits per heavy atom. The van der Waals surface area contributed by atoms with Crippen molar-refractivity contribution in [2.75, 3.05) is 0 Å². The largest absolute Gasteiger partial charge is 0.478 e. The number of rotatable bonds is 2. The van der Waals surface area contributed by atoms with E-state index in [1.807, 2.05) is 49.4 Å². The van der Waals surface area contributed by atoms with Gasteiger partial charge in [0.15, 0.2) is 0 Å². The minimum absolute atomic E-state index is 0.309. The van der Waals surface area contributed by atoms with Crippen molar-refractivity contribution in [3.05, 3.63) is 70.2 Å². The first-order valence-electron chi connectivity index (χ1n) is 6.59. The Labute approximate surface area is 131 Å². The molecule has 3 heteroatoms. The first-order chi connectivity index (χ1) is 10.1. The molecule has 0 unspecified atom stereocenters. The molecule has 0 bridgehead atoms. The highest BCUT2D eigenvalue weighted by Gasteiger charge is 2.16. The molecule has 0 heterocycles. The van der Waals surface area contributed by atoms with Crippen molar-refractivity contribution < 1.29 is 9.90 Å². The topological polar surface area (TPSA) is 37.3 Å². The fourth-order valence-electron chi connectivity index (χ4n) is 2.65. The maximum Gasteiger partial charge on any atom is 0.336 e. The SMILES string of the molecule is Cc1ccc2ccccc2c1-c1ccc(Br)cc1C(=O)O. The molecule has 104 valence electrons. The maximum atomic E-state index is 11.6. The summed E-state index contributed by atoms with van der Waals surface area (Å²) >= 11 is 3.34. The number of fused-ring (bicyclic) bond motifs is 1. The summed E-state index contributed by atoms with van der Waals surface area (Å²) in [4.78, 5) is 11.6. The van der Waals surface area contributed by atoms with Gasteiger partial charge in [0, 0.05) is 4.47 Å². The lowest BCUT2D eigenvalue weighted by molar-refractivity contribution is 0.0697. The molecule has 0 atom stereocenters. The average molecular weight is 341 g/mol. The molecule has 0 amide bonds. The van der Waals surface area contributed by atoms with Crippen molar-refractivity contribution in [2.24, 2.45) is 0 Å². The Balaban J connectivity index is 2.41. The van der Waals surface area contributed by atoms with Crippen LogP contribution in [0.4, 0.5) is 0 Å². The van der Waals surface area contributed by atoms with Crippen molar-refractivity contribution in [3.8, 4) is 11.1 Å². The standard InChI is InChI=1S/C18H13BrO2/c1-11-6-7-12-4-2-3-5-14(12)17(11)15-9-8-13(19)10-16(15)18(20)21/h2-10H,1H3,(H,20,21). The summed E-state index contributed by atoms with van der Waals surface area (Å²) in [7, 11) is 0. The van der Waals surface area contributed by atoms with Gasteiger partial charge in [-0.15, -0.1) is 0 Å². The van der Waals surface area contributed by atoms with Gasteiger partial charge < -0.3 is 5.11 Å². The summed E-state index contributed by atoms with van der Waals surface area (Å²) in [5.41, 5.74) is 3.11. The van der Waals surface area contributed by atoms with Gasteiger partial charge in [0.25, 0.3) is 0 Å². The zero-order chi connectivity index (χ0) is 15.0. The lowest BCUT2D eigenvalue weighted by atomic mass is 9.91. The highest BCUT2D eigenvalue weighted by Crippen LogP contribution is 2.35. The van der Waals surface area contributed by atoms with Crippen LogP contribution in [0.3, 0.4) is 0 Å². The number of carboxylic acid groups (broad SMARTS) is 1. The fraction of sp³-hybridized carbons (Fsp3) is 0.0556. The highest BCUT2D eigenvalue weighted by molar-refractivity contribution is 9.10. The van der Waals surface area contributed by atoms with Crippen LogP contribution in [0.1, 0.15) is 15.9 Å². The van der Waals surface area contributed by atoms with Crippen LogP contribution in [0.2, 0.25) is 0 Å². The van der Waals surface area contributed by atoms with E-state index in [2.05, 4.69) is 22.0 Å². The molecule has 0 spiro atoms. The van der Waals surface area contributed by atoms with E-state index >= 15 is 0 Å². The Morgan fingerprint density at radius 2 is 1.81 bits per heavy atom. The summed E-state index contributed by atoms with van der Waals surface area (Å²) in [6.45, 7) is 2.01. The van der Waals surface area contributed by atoms with E-state index in [0.29, 0.717) is 5.56 Å². The summed E-state index contributed by atoms with van der Waals surface area (Å²) in [5, 5.41) is 11.7. The van der Waals surface area contributed by atoms with E-state index in [4.69, 9.17) is 0 Å². The second-order valence-corrected chi connectivity index (χ2v) is 5.89. The number of aryl methyl sites for hydroxylation is 1. The number of benzene rings is 3. The zero-order valence-corrected chi connectivity index (χ0v) is 13.0. The zero-order valence-electron chi connectivity index (χ0n) is 11.4. The summed E-state index contributed by atoms with van der Waals surface area (Å²) in [6, 6.07) is 17.5. The Hall–Kier alpha value is -2.13. The van der Waals surface area contributed by atoms with Gasteiger partial charge in [-0.1, -0.05) is 58.4 Å². The van der Waals surface area contributed by atoms with Crippen LogP contribution in [0, 0.1) is 6.92 Å². The first kappa shape index (κ1) is 13.8. The molecule has 0 fully saturated rings.